The van der Waals surface area contributed by atoms with E-state index in [9.17, 15) is 9.59 Å². The molecule has 0 saturated heterocycles. The zero-order valence-electron chi connectivity index (χ0n) is 16.0. The van der Waals surface area contributed by atoms with E-state index in [1.54, 1.807) is 30.6 Å². The van der Waals surface area contributed by atoms with E-state index in [0.29, 0.717) is 30.0 Å². The van der Waals surface area contributed by atoms with Crippen LogP contribution in [0.5, 0.6) is 5.75 Å². The third kappa shape index (κ3) is 4.85. The van der Waals surface area contributed by atoms with Crippen LogP contribution in [0.2, 0.25) is 0 Å². The van der Waals surface area contributed by atoms with Crippen molar-refractivity contribution in [1.82, 2.24) is 4.98 Å². The zero-order valence-corrected chi connectivity index (χ0v) is 16.0. The molecule has 6 heteroatoms. The minimum absolute atomic E-state index is 0.115. The van der Waals surface area contributed by atoms with Gasteiger partial charge in [-0.05, 0) is 55.2 Å². The Hall–Kier alpha value is -3.41. The van der Waals surface area contributed by atoms with Crippen LogP contribution >= 0.6 is 0 Å². The number of aryl methyl sites for hydroxylation is 2. The van der Waals surface area contributed by atoms with Crippen molar-refractivity contribution in [3.05, 3.63) is 76.4 Å². The van der Waals surface area contributed by atoms with Gasteiger partial charge < -0.3 is 14.5 Å². The highest BCUT2D eigenvalue weighted by molar-refractivity contribution is 5.91. The van der Waals surface area contributed by atoms with Crippen molar-refractivity contribution >= 4 is 22.6 Å². The van der Waals surface area contributed by atoms with Gasteiger partial charge in [-0.1, -0.05) is 6.58 Å². The second-order valence-corrected chi connectivity index (χ2v) is 6.74. The fraction of sp³-hybridized carbons (Fsp3) is 0.227. The predicted molar refractivity (Wildman–Crippen MR) is 109 cm³/mol. The van der Waals surface area contributed by atoms with Crippen molar-refractivity contribution in [3.63, 3.8) is 0 Å². The molecule has 3 aromatic rings. The second-order valence-electron chi connectivity index (χ2n) is 6.74. The first kappa shape index (κ1) is 19.4. The largest absolute Gasteiger partial charge is 0.489 e. The van der Waals surface area contributed by atoms with Crippen molar-refractivity contribution in [2.24, 2.45) is 0 Å². The number of anilines is 1. The van der Waals surface area contributed by atoms with Gasteiger partial charge in [0.2, 0.25) is 5.91 Å². The van der Waals surface area contributed by atoms with Crippen molar-refractivity contribution in [2.45, 2.75) is 26.7 Å². The van der Waals surface area contributed by atoms with Gasteiger partial charge in [0.1, 0.15) is 17.9 Å². The summed E-state index contributed by atoms with van der Waals surface area (Å²) >= 11 is 0. The number of amides is 1. The van der Waals surface area contributed by atoms with Crippen LogP contribution in [-0.2, 0) is 11.2 Å². The number of nitrogens with zero attached hydrogens (tertiary/aromatic N) is 1. The maximum Gasteiger partial charge on any atom is 0.336 e. The van der Waals surface area contributed by atoms with Gasteiger partial charge in [0.05, 0.1) is 11.9 Å². The molecule has 6 nitrogen and oxygen atoms in total. The molecule has 1 N–H and O–H groups in total. The van der Waals surface area contributed by atoms with Crippen LogP contribution in [0.4, 0.5) is 5.69 Å². The summed E-state index contributed by atoms with van der Waals surface area (Å²) < 4.78 is 11.1. The number of carbonyl (C=O) groups is 1. The van der Waals surface area contributed by atoms with Crippen LogP contribution in [0.3, 0.4) is 0 Å². The zero-order chi connectivity index (χ0) is 20.1. The van der Waals surface area contributed by atoms with E-state index in [1.807, 2.05) is 19.9 Å². The Kier molecular flexibility index (Phi) is 5.89. The highest BCUT2D eigenvalue weighted by atomic mass is 16.5. The van der Waals surface area contributed by atoms with Gasteiger partial charge in [0.15, 0.2) is 0 Å². The average Bonchev–Trinajstić information content (AvgIpc) is 2.65. The van der Waals surface area contributed by atoms with Crippen LogP contribution in [0, 0.1) is 6.92 Å². The van der Waals surface area contributed by atoms with E-state index in [-0.39, 0.29) is 12.3 Å². The summed E-state index contributed by atoms with van der Waals surface area (Å²) in [5, 5.41) is 3.65. The fourth-order valence-corrected chi connectivity index (χ4v) is 2.83. The van der Waals surface area contributed by atoms with Crippen LogP contribution in [0.1, 0.15) is 24.5 Å². The average molecular weight is 378 g/mol. The lowest BCUT2D eigenvalue weighted by Crippen LogP contribution is -2.13. The molecule has 2 heterocycles. The summed E-state index contributed by atoms with van der Waals surface area (Å²) in [6.07, 6.45) is 4.00. The summed E-state index contributed by atoms with van der Waals surface area (Å²) in [6.45, 7) is 7.91. The quantitative estimate of drug-likeness (QED) is 0.496. The molecule has 1 aromatic carbocycles. The first-order valence-corrected chi connectivity index (χ1v) is 8.97. The molecule has 1 amide bonds. The third-order valence-electron chi connectivity index (χ3n) is 4.17. The highest BCUT2D eigenvalue weighted by Crippen LogP contribution is 2.28. The van der Waals surface area contributed by atoms with Crippen molar-refractivity contribution in [2.75, 3.05) is 11.9 Å². The molecule has 0 radical (unpaired) electrons. The number of aromatic nitrogens is 1. The standard InChI is InChI=1S/C22H22N2O4/c1-14(2)13-27-19-11-20-18(15(3)9-22(26)28-20)10-16(19)6-7-21(25)24-17-5-4-8-23-12-17/h4-5,8-12H,1,6-7,13H2,2-3H3,(H,24,25). The van der Waals surface area contributed by atoms with Gasteiger partial charge in [-0.2, -0.15) is 0 Å². The van der Waals surface area contributed by atoms with Gasteiger partial charge in [-0.3, -0.25) is 9.78 Å². The van der Waals surface area contributed by atoms with Crippen LogP contribution < -0.4 is 15.7 Å². The van der Waals surface area contributed by atoms with Crippen molar-refractivity contribution in [1.29, 1.82) is 0 Å². The number of hydrogen-bond donors (Lipinski definition) is 1. The van der Waals surface area contributed by atoms with Crippen molar-refractivity contribution < 1.29 is 13.9 Å². The summed E-state index contributed by atoms with van der Waals surface area (Å²) in [6, 6.07) is 8.63. The topological polar surface area (TPSA) is 81.4 Å². The normalized spacial score (nSPS) is 10.6. The molecule has 3 rings (SSSR count). The monoisotopic (exact) mass is 378 g/mol. The number of ether oxygens (including phenoxy) is 1. The SMILES string of the molecule is C=C(C)COc1cc2oc(=O)cc(C)c2cc1CCC(=O)Nc1cccnc1. The maximum absolute atomic E-state index is 12.3. The molecule has 0 aliphatic carbocycles. The van der Waals surface area contributed by atoms with E-state index in [4.69, 9.17) is 9.15 Å². The number of nitrogens with one attached hydrogen (secondary N) is 1. The summed E-state index contributed by atoms with van der Waals surface area (Å²) in [4.78, 5) is 27.9. The number of benzene rings is 1. The van der Waals surface area contributed by atoms with E-state index >= 15 is 0 Å². The molecular weight excluding hydrogens is 356 g/mol. The minimum Gasteiger partial charge on any atom is -0.489 e. The number of fused-ring (bicyclic) bond motifs is 1. The molecular formula is C22H22N2O4. The van der Waals surface area contributed by atoms with Gasteiger partial charge in [-0.25, -0.2) is 4.79 Å². The van der Waals surface area contributed by atoms with Crippen LogP contribution in [0.25, 0.3) is 11.0 Å². The second kappa shape index (κ2) is 8.52. The van der Waals surface area contributed by atoms with Crippen LogP contribution in [-0.4, -0.2) is 17.5 Å². The Morgan fingerprint density at radius 1 is 1.32 bits per heavy atom. The molecule has 0 atom stereocenters. The molecule has 0 saturated carbocycles. The third-order valence-corrected chi connectivity index (χ3v) is 4.17. The number of pyridine rings is 1. The molecule has 144 valence electrons. The fourth-order valence-electron chi connectivity index (χ4n) is 2.83. The lowest BCUT2D eigenvalue weighted by Gasteiger charge is -2.13. The maximum atomic E-state index is 12.3. The van der Waals surface area contributed by atoms with Gasteiger partial charge in [0, 0.05) is 30.1 Å². The number of hydrogen-bond acceptors (Lipinski definition) is 5. The van der Waals surface area contributed by atoms with E-state index in [1.165, 1.54) is 6.07 Å². The molecule has 0 bridgehead atoms. The number of carbonyl (C=O) groups excluding carboxylic acids is 1. The summed E-state index contributed by atoms with van der Waals surface area (Å²) in [7, 11) is 0. The predicted octanol–water partition coefficient (Wildman–Crippen LogP) is 4.02. The molecule has 0 fully saturated rings. The Bertz CT molecular complexity index is 1070. The molecule has 2 aromatic heterocycles. The van der Waals surface area contributed by atoms with Gasteiger partial charge in [-0.15, -0.1) is 0 Å². The minimum atomic E-state index is -0.403. The van der Waals surface area contributed by atoms with Gasteiger partial charge in [0.25, 0.3) is 0 Å². The van der Waals surface area contributed by atoms with Crippen molar-refractivity contribution in [3.8, 4) is 5.75 Å². The Morgan fingerprint density at radius 2 is 2.14 bits per heavy atom. The van der Waals surface area contributed by atoms with Gasteiger partial charge >= 0.3 is 5.63 Å². The first-order valence-electron chi connectivity index (χ1n) is 8.97. The lowest BCUT2D eigenvalue weighted by molar-refractivity contribution is -0.116. The molecule has 28 heavy (non-hydrogen) atoms. The Balaban J connectivity index is 1.84. The highest BCUT2D eigenvalue weighted by Gasteiger charge is 2.13. The molecule has 0 unspecified atom stereocenters. The lowest BCUT2D eigenvalue weighted by atomic mass is 10.0. The smallest absolute Gasteiger partial charge is 0.336 e. The number of rotatable bonds is 7. The molecule has 0 aliphatic rings. The van der Waals surface area contributed by atoms with E-state index < -0.39 is 5.63 Å². The Labute approximate surface area is 162 Å². The molecule has 0 spiro atoms. The van der Waals surface area contributed by atoms with Crippen LogP contribution in [0.15, 0.2) is 64.1 Å². The van der Waals surface area contributed by atoms with E-state index in [0.717, 1.165) is 22.1 Å². The summed E-state index contributed by atoms with van der Waals surface area (Å²) in [5.74, 6) is 0.466. The molecule has 0 aliphatic heterocycles. The summed E-state index contributed by atoms with van der Waals surface area (Å²) in [5.41, 5.74) is 3.27. The Morgan fingerprint density at radius 3 is 2.86 bits per heavy atom. The van der Waals surface area contributed by atoms with E-state index in [2.05, 4.69) is 16.9 Å². The first-order chi connectivity index (χ1) is 13.4.